The summed E-state index contributed by atoms with van der Waals surface area (Å²) < 4.78 is 64.9. The summed E-state index contributed by atoms with van der Waals surface area (Å²) in [6, 6.07) is 2.29. The lowest BCUT2D eigenvalue weighted by Crippen LogP contribution is -2.36. The van der Waals surface area contributed by atoms with Gasteiger partial charge < -0.3 is 5.32 Å². The number of halogens is 5. The lowest BCUT2D eigenvalue weighted by Gasteiger charge is -2.30. The van der Waals surface area contributed by atoms with Crippen LogP contribution in [0.1, 0.15) is 24.0 Å². The first-order valence-electron chi connectivity index (χ1n) is 5.60. The second kappa shape index (κ2) is 4.50. The summed E-state index contributed by atoms with van der Waals surface area (Å²) >= 11 is 0. The molecule has 0 aromatic heterocycles. The molecule has 1 aliphatic heterocycles. The lowest BCUT2D eigenvalue weighted by molar-refractivity contribution is -0.140. The van der Waals surface area contributed by atoms with Crippen LogP contribution in [-0.2, 0) is 11.8 Å². The molecule has 0 unspecified atom stereocenters. The molecular formula is C12H12F5N. The molecule has 0 saturated carbocycles. The average Bonchev–Trinajstić information content (AvgIpc) is 2.28. The normalized spacial score (nSPS) is 19.8. The number of nitrogens with one attached hydrogen (secondary N) is 1. The smallest absolute Gasteiger partial charge is 0.316 e. The Morgan fingerprint density at radius 1 is 1.11 bits per heavy atom. The van der Waals surface area contributed by atoms with Gasteiger partial charge in [0.2, 0.25) is 0 Å². The minimum absolute atomic E-state index is 0.0190. The van der Waals surface area contributed by atoms with Crippen molar-refractivity contribution in [3.8, 4) is 0 Å². The molecule has 2 rings (SSSR count). The number of benzene rings is 1. The first kappa shape index (κ1) is 13.3. The molecule has 0 bridgehead atoms. The fourth-order valence-corrected chi connectivity index (χ4v) is 2.14. The third-order valence-corrected chi connectivity index (χ3v) is 3.19. The summed E-state index contributed by atoms with van der Waals surface area (Å²) in [5.74, 6) is -1.42. The highest BCUT2D eigenvalue weighted by molar-refractivity contribution is 5.30. The number of piperidine rings is 1. The molecule has 1 aliphatic rings. The van der Waals surface area contributed by atoms with Gasteiger partial charge in [0.15, 0.2) is 0 Å². The van der Waals surface area contributed by atoms with Gasteiger partial charge in [-0.2, -0.15) is 13.2 Å². The van der Waals surface area contributed by atoms with Crippen molar-refractivity contribution in [2.45, 2.75) is 24.7 Å². The molecular weight excluding hydrogens is 253 g/mol. The zero-order valence-electron chi connectivity index (χ0n) is 9.45. The zero-order valence-corrected chi connectivity index (χ0v) is 9.45. The topological polar surface area (TPSA) is 12.0 Å². The van der Waals surface area contributed by atoms with Crippen molar-refractivity contribution in [3.63, 3.8) is 0 Å². The molecule has 1 aromatic rings. The van der Waals surface area contributed by atoms with Gasteiger partial charge in [0.1, 0.15) is 11.5 Å². The Bertz CT molecular complexity index is 435. The van der Waals surface area contributed by atoms with Crippen LogP contribution in [0.25, 0.3) is 0 Å². The Balaban J connectivity index is 2.34. The Labute approximate surface area is 101 Å². The quantitative estimate of drug-likeness (QED) is 0.767. The number of hydrogen-bond acceptors (Lipinski definition) is 1. The van der Waals surface area contributed by atoms with Crippen LogP contribution < -0.4 is 5.32 Å². The molecule has 1 saturated heterocycles. The van der Waals surface area contributed by atoms with E-state index < -0.39 is 23.2 Å². The van der Waals surface area contributed by atoms with Gasteiger partial charge in [-0.25, -0.2) is 8.78 Å². The van der Waals surface area contributed by atoms with Crippen molar-refractivity contribution in [2.24, 2.45) is 0 Å². The maximum atomic E-state index is 14.4. The molecule has 0 aliphatic carbocycles. The Kier molecular flexibility index (Phi) is 3.31. The second-order valence-electron chi connectivity index (χ2n) is 4.41. The largest absolute Gasteiger partial charge is 0.419 e. The van der Waals surface area contributed by atoms with Gasteiger partial charge in [-0.1, -0.05) is 6.07 Å². The van der Waals surface area contributed by atoms with Gasteiger partial charge in [0, 0.05) is 0 Å². The molecule has 0 radical (unpaired) electrons. The van der Waals surface area contributed by atoms with Crippen LogP contribution in [0, 0.1) is 5.82 Å². The monoisotopic (exact) mass is 265 g/mol. The molecule has 1 heterocycles. The molecule has 0 amide bonds. The maximum absolute atomic E-state index is 14.4. The van der Waals surface area contributed by atoms with Crippen molar-refractivity contribution in [3.05, 3.63) is 35.1 Å². The Morgan fingerprint density at radius 2 is 1.72 bits per heavy atom. The minimum atomic E-state index is -4.75. The van der Waals surface area contributed by atoms with Gasteiger partial charge in [-0.3, -0.25) is 0 Å². The summed E-state index contributed by atoms with van der Waals surface area (Å²) in [6.45, 7) is 0.859. The summed E-state index contributed by atoms with van der Waals surface area (Å²) in [6.07, 6.45) is -4.48. The van der Waals surface area contributed by atoms with Crippen molar-refractivity contribution in [1.82, 2.24) is 5.32 Å². The molecule has 0 atom stereocenters. The number of hydrogen-bond donors (Lipinski definition) is 1. The molecule has 1 nitrogen and oxygen atoms in total. The molecule has 1 N–H and O–H groups in total. The van der Waals surface area contributed by atoms with Gasteiger partial charge in [-0.05, 0) is 43.6 Å². The van der Waals surface area contributed by atoms with E-state index in [1.807, 2.05) is 0 Å². The van der Waals surface area contributed by atoms with Gasteiger partial charge in [0.05, 0.1) is 5.56 Å². The van der Waals surface area contributed by atoms with Crippen LogP contribution in [0.4, 0.5) is 22.0 Å². The summed E-state index contributed by atoms with van der Waals surface area (Å²) in [7, 11) is 0. The number of rotatable bonds is 1. The van der Waals surface area contributed by atoms with Crippen molar-refractivity contribution in [2.75, 3.05) is 13.1 Å². The van der Waals surface area contributed by atoms with E-state index in [1.165, 1.54) is 0 Å². The fourth-order valence-electron chi connectivity index (χ4n) is 2.14. The van der Waals surface area contributed by atoms with Crippen molar-refractivity contribution < 1.29 is 22.0 Å². The van der Waals surface area contributed by atoms with E-state index in [2.05, 4.69) is 5.32 Å². The average molecular weight is 265 g/mol. The first-order chi connectivity index (χ1) is 8.33. The van der Waals surface area contributed by atoms with Gasteiger partial charge in [-0.15, -0.1) is 0 Å². The van der Waals surface area contributed by atoms with E-state index in [1.54, 1.807) is 0 Å². The third-order valence-electron chi connectivity index (χ3n) is 3.19. The van der Waals surface area contributed by atoms with Gasteiger partial charge >= 0.3 is 6.18 Å². The second-order valence-corrected chi connectivity index (χ2v) is 4.41. The Hall–Kier alpha value is -1.17. The highest BCUT2D eigenvalue weighted by Crippen LogP contribution is 2.38. The molecule has 100 valence electrons. The summed E-state index contributed by atoms with van der Waals surface area (Å²) in [5.41, 5.74) is -3.12. The Morgan fingerprint density at radius 3 is 2.22 bits per heavy atom. The van der Waals surface area contributed by atoms with Crippen LogP contribution in [0.3, 0.4) is 0 Å². The predicted molar refractivity (Wildman–Crippen MR) is 56.3 cm³/mol. The zero-order chi connectivity index (χ0) is 13.4. The first-order valence-corrected chi connectivity index (χ1v) is 5.60. The standard InChI is InChI=1S/C12H12F5N/c13-10-7-8(1-2-9(10)12(15,16)17)11(14)3-5-18-6-4-11/h1-2,7,18H,3-6H2. The van der Waals surface area contributed by atoms with E-state index >= 15 is 0 Å². The van der Waals surface area contributed by atoms with Crippen LogP contribution in [0.2, 0.25) is 0 Å². The van der Waals surface area contributed by atoms with Crippen LogP contribution >= 0.6 is 0 Å². The summed E-state index contributed by atoms with van der Waals surface area (Å²) in [5, 5.41) is 2.95. The molecule has 1 fully saturated rings. The lowest BCUT2D eigenvalue weighted by atomic mass is 9.86. The van der Waals surface area contributed by atoms with Gasteiger partial charge in [0.25, 0.3) is 0 Å². The predicted octanol–water partition coefficient (Wildman–Crippen LogP) is 3.39. The maximum Gasteiger partial charge on any atom is 0.419 e. The highest BCUT2D eigenvalue weighted by Gasteiger charge is 2.38. The minimum Gasteiger partial charge on any atom is -0.316 e. The molecule has 1 aromatic carbocycles. The molecule has 6 heteroatoms. The van der Waals surface area contributed by atoms with E-state index in [0.717, 1.165) is 6.07 Å². The van der Waals surface area contributed by atoms with Crippen molar-refractivity contribution in [1.29, 1.82) is 0 Å². The third kappa shape index (κ3) is 2.48. The fraction of sp³-hybridized carbons (Fsp3) is 0.500. The molecule has 18 heavy (non-hydrogen) atoms. The van der Waals surface area contributed by atoms with E-state index in [4.69, 9.17) is 0 Å². The van der Waals surface area contributed by atoms with Crippen LogP contribution in [0.15, 0.2) is 18.2 Å². The summed E-state index contributed by atoms with van der Waals surface area (Å²) in [4.78, 5) is 0. The van der Waals surface area contributed by atoms with E-state index in [0.29, 0.717) is 25.2 Å². The SMILES string of the molecule is Fc1cc(C2(F)CCNCC2)ccc1C(F)(F)F. The van der Waals surface area contributed by atoms with Crippen LogP contribution in [0.5, 0.6) is 0 Å². The molecule has 0 spiro atoms. The van der Waals surface area contributed by atoms with Crippen LogP contribution in [-0.4, -0.2) is 13.1 Å². The van der Waals surface area contributed by atoms with Crippen molar-refractivity contribution >= 4 is 0 Å². The van der Waals surface area contributed by atoms with E-state index in [-0.39, 0.29) is 18.4 Å². The van der Waals surface area contributed by atoms with E-state index in [9.17, 15) is 22.0 Å². The highest BCUT2D eigenvalue weighted by atomic mass is 19.4. The number of alkyl halides is 4.